The van der Waals surface area contributed by atoms with E-state index in [4.69, 9.17) is 0 Å². The van der Waals surface area contributed by atoms with Crippen LogP contribution >= 0.6 is 0 Å². The first-order valence-corrected chi connectivity index (χ1v) is 5.78. The summed E-state index contributed by atoms with van der Waals surface area (Å²) in [6.45, 7) is -0.133. The van der Waals surface area contributed by atoms with Gasteiger partial charge in [0.2, 0.25) is 11.8 Å². The third-order valence-electron chi connectivity index (χ3n) is 2.78. The van der Waals surface area contributed by atoms with Gasteiger partial charge in [0, 0.05) is 17.7 Å². The van der Waals surface area contributed by atoms with Crippen molar-refractivity contribution in [1.82, 2.24) is 10.2 Å². The number of carbonyl (C=O) groups excluding carboxylic acids is 3. The normalized spacial score (nSPS) is 15.8. The summed E-state index contributed by atoms with van der Waals surface area (Å²) in [5, 5.41) is 12.6. The second-order valence-corrected chi connectivity index (χ2v) is 4.34. The van der Waals surface area contributed by atoms with Crippen LogP contribution in [0.4, 0.5) is 5.69 Å². The number of carbonyl (C=O) groups is 3. The Hall–Kier alpha value is -2.61. The van der Waals surface area contributed by atoms with E-state index in [1.807, 2.05) is 0 Å². The molecule has 0 saturated carbocycles. The van der Waals surface area contributed by atoms with Crippen molar-refractivity contribution in [3.8, 4) is 0 Å². The maximum absolute atomic E-state index is 12.0. The Morgan fingerprint density at radius 3 is 2.25 bits per heavy atom. The lowest BCUT2D eigenvalue weighted by Gasteiger charge is -2.24. The Labute approximate surface area is 113 Å². The van der Waals surface area contributed by atoms with Crippen LogP contribution in [0.25, 0.3) is 0 Å². The summed E-state index contributed by atoms with van der Waals surface area (Å²) in [6.07, 6.45) is 0. The zero-order valence-corrected chi connectivity index (χ0v) is 10.4. The fourth-order valence-corrected chi connectivity index (χ4v) is 1.87. The Kier molecular flexibility index (Phi) is 3.85. The highest BCUT2D eigenvalue weighted by molar-refractivity contribution is 6.01. The van der Waals surface area contributed by atoms with Crippen LogP contribution in [0.3, 0.4) is 0 Å². The Morgan fingerprint density at radius 2 is 1.75 bits per heavy atom. The summed E-state index contributed by atoms with van der Waals surface area (Å²) >= 11 is 0. The minimum absolute atomic E-state index is 0.0234. The number of piperazine rings is 1. The molecule has 104 valence electrons. The fraction of sp³-hybridized carbons (Fsp3) is 0.250. The largest absolute Gasteiger partial charge is 0.294 e. The van der Waals surface area contributed by atoms with E-state index in [0.29, 0.717) is 5.56 Å². The maximum Gasteiger partial charge on any atom is 0.269 e. The number of amides is 2. The molecule has 1 aromatic carbocycles. The summed E-state index contributed by atoms with van der Waals surface area (Å²) in [5.74, 6) is -1.20. The molecule has 1 aromatic rings. The first-order valence-electron chi connectivity index (χ1n) is 5.78. The molecule has 0 bridgehead atoms. The zero-order chi connectivity index (χ0) is 14.7. The molecule has 0 aliphatic carbocycles. The molecule has 8 heteroatoms. The second-order valence-electron chi connectivity index (χ2n) is 4.34. The molecule has 1 aliphatic rings. The summed E-state index contributed by atoms with van der Waals surface area (Å²) in [7, 11) is 0. The highest BCUT2D eigenvalue weighted by atomic mass is 16.6. The van der Waals surface area contributed by atoms with Gasteiger partial charge in [0.25, 0.3) is 5.69 Å². The molecule has 0 atom stereocenters. The van der Waals surface area contributed by atoms with Crippen LogP contribution in [-0.4, -0.2) is 47.1 Å². The summed E-state index contributed by atoms with van der Waals surface area (Å²) in [4.78, 5) is 45.6. The number of benzene rings is 1. The van der Waals surface area contributed by atoms with E-state index < -0.39 is 16.7 Å². The molecule has 1 aliphatic heterocycles. The first kappa shape index (κ1) is 13.8. The highest BCUT2D eigenvalue weighted by Gasteiger charge is 2.24. The van der Waals surface area contributed by atoms with Gasteiger partial charge in [0.15, 0.2) is 5.78 Å². The summed E-state index contributed by atoms with van der Waals surface area (Å²) in [5.41, 5.74) is 0.197. The maximum atomic E-state index is 12.0. The van der Waals surface area contributed by atoms with Crippen LogP contribution in [-0.2, 0) is 9.59 Å². The van der Waals surface area contributed by atoms with Crippen LogP contribution in [0.1, 0.15) is 10.4 Å². The lowest BCUT2D eigenvalue weighted by atomic mass is 10.1. The lowest BCUT2D eigenvalue weighted by molar-refractivity contribution is -0.384. The van der Waals surface area contributed by atoms with Crippen molar-refractivity contribution in [1.29, 1.82) is 0 Å². The monoisotopic (exact) mass is 277 g/mol. The predicted molar refractivity (Wildman–Crippen MR) is 67.0 cm³/mol. The Bertz CT molecular complexity index is 565. The highest BCUT2D eigenvalue weighted by Crippen LogP contribution is 2.12. The SMILES string of the molecule is O=C1CN(CC(=O)c2ccc([N+](=O)[O-])cc2)CC(=O)N1. The van der Waals surface area contributed by atoms with Gasteiger partial charge in [-0.25, -0.2) is 0 Å². The molecule has 1 fully saturated rings. The molecule has 1 saturated heterocycles. The van der Waals surface area contributed by atoms with Crippen molar-refractivity contribution in [2.75, 3.05) is 19.6 Å². The van der Waals surface area contributed by atoms with E-state index in [1.54, 1.807) is 0 Å². The van der Waals surface area contributed by atoms with Crippen molar-refractivity contribution in [3.63, 3.8) is 0 Å². The fourth-order valence-electron chi connectivity index (χ4n) is 1.87. The van der Waals surface area contributed by atoms with E-state index in [9.17, 15) is 24.5 Å². The number of imide groups is 1. The van der Waals surface area contributed by atoms with Crippen LogP contribution in [0.2, 0.25) is 0 Å². The van der Waals surface area contributed by atoms with Gasteiger partial charge in [-0.15, -0.1) is 0 Å². The smallest absolute Gasteiger partial charge is 0.269 e. The van der Waals surface area contributed by atoms with Gasteiger partial charge in [0.1, 0.15) is 0 Å². The Balaban J connectivity index is 2.02. The lowest BCUT2D eigenvalue weighted by Crippen LogP contribution is -2.52. The van der Waals surface area contributed by atoms with E-state index in [1.165, 1.54) is 29.2 Å². The molecule has 8 nitrogen and oxygen atoms in total. The van der Waals surface area contributed by atoms with Gasteiger partial charge in [-0.1, -0.05) is 0 Å². The molecule has 0 spiro atoms. The molecule has 1 heterocycles. The Morgan fingerprint density at radius 1 is 1.20 bits per heavy atom. The van der Waals surface area contributed by atoms with Crippen LogP contribution in [0.15, 0.2) is 24.3 Å². The number of nitrogens with zero attached hydrogens (tertiary/aromatic N) is 2. The van der Waals surface area contributed by atoms with E-state index >= 15 is 0 Å². The number of rotatable bonds is 4. The number of nitro benzene ring substituents is 1. The zero-order valence-electron chi connectivity index (χ0n) is 10.4. The average Bonchev–Trinajstić information content (AvgIpc) is 2.37. The van der Waals surface area contributed by atoms with Gasteiger partial charge in [-0.2, -0.15) is 0 Å². The summed E-state index contributed by atoms with van der Waals surface area (Å²) < 4.78 is 0. The van der Waals surface area contributed by atoms with Gasteiger partial charge in [-0.05, 0) is 12.1 Å². The third kappa shape index (κ3) is 3.23. The number of non-ortho nitro benzene ring substituents is 1. The van der Waals surface area contributed by atoms with Crippen molar-refractivity contribution < 1.29 is 19.3 Å². The van der Waals surface area contributed by atoms with Gasteiger partial charge < -0.3 is 0 Å². The molecule has 1 N–H and O–H groups in total. The molecule has 20 heavy (non-hydrogen) atoms. The molecular formula is C12H11N3O5. The summed E-state index contributed by atoms with van der Waals surface area (Å²) in [6, 6.07) is 5.18. The van der Waals surface area contributed by atoms with Crippen molar-refractivity contribution in [2.45, 2.75) is 0 Å². The standard InChI is InChI=1S/C12H11N3O5/c16-10(5-14-6-11(17)13-12(18)7-14)8-1-3-9(4-2-8)15(19)20/h1-4H,5-7H2,(H,13,17,18). The minimum Gasteiger partial charge on any atom is -0.294 e. The van der Waals surface area contributed by atoms with Crippen molar-refractivity contribution in [3.05, 3.63) is 39.9 Å². The molecule has 2 amide bonds. The minimum atomic E-state index is -0.554. The topological polar surface area (TPSA) is 110 Å². The van der Waals surface area contributed by atoms with Gasteiger partial charge >= 0.3 is 0 Å². The van der Waals surface area contributed by atoms with Gasteiger partial charge in [-0.3, -0.25) is 34.7 Å². The number of nitrogens with one attached hydrogen (secondary N) is 1. The van der Waals surface area contributed by atoms with Crippen LogP contribution < -0.4 is 5.32 Å². The van der Waals surface area contributed by atoms with E-state index in [0.717, 1.165) is 0 Å². The number of Topliss-reactive ketones (excluding diaryl/α,β-unsaturated/α-hetero) is 1. The molecule has 2 rings (SSSR count). The number of ketones is 1. The van der Waals surface area contributed by atoms with Crippen LogP contribution in [0.5, 0.6) is 0 Å². The van der Waals surface area contributed by atoms with E-state index in [2.05, 4.69) is 5.32 Å². The molecular weight excluding hydrogens is 266 g/mol. The quantitative estimate of drug-likeness (QED) is 0.351. The van der Waals surface area contributed by atoms with E-state index in [-0.39, 0.29) is 31.1 Å². The number of nitro groups is 1. The van der Waals surface area contributed by atoms with Gasteiger partial charge in [0.05, 0.1) is 24.6 Å². The predicted octanol–water partition coefficient (Wildman–Crippen LogP) is -0.264. The van der Waals surface area contributed by atoms with Crippen LogP contribution in [0, 0.1) is 10.1 Å². The third-order valence-corrected chi connectivity index (χ3v) is 2.78. The molecule has 0 unspecified atom stereocenters. The van der Waals surface area contributed by atoms with Crippen molar-refractivity contribution in [2.24, 2.45) is 0 Å². The number of hydrogen-bond acceptors (Lipinski definition) is 6. The first-order chi connectivity index (χ1) is 9.45. The second kappa shape index (κ2) is 5.57. The molecule has 0 radical (unpaired) electrons. The molecule has 0 aromatic heterocycles. The van der Waals surface area contributed by atoms with Crippen molar-refractivity contribution >= 4 is 23.3 Å². The average molecular weight is 277 g/mol. The number of hydrogen-bond donors (Lipinski definition) is 1.